The third-order valence-electron chi connectivity index (χ3n) is 5.48. The smallest absolute Gasteiger partial charge is 0.0328 e. The van der Waals surface area contributed by atoms with E-state index in [4.69, 9.17) is 0 Å². The van der Waals surface area contributed by atoms with Gasteiger partial charge in [0.15, 0.2) is 0 Å². The van der Waals surface area contributed by atoms with Crippen molar-refractivity contribution < 1.29 is 0 Å². The van der Waals surface area contributed by atoms with Crippen LogP contribution >= 0.6 is 11.3 Å². The van der Waals surface area contributed by atoms with Crippen molar-refractivity contribution in [3.05, 3.63) is 21.9 Å². The van der Waals surface area contributed by atoms with Crippen molar-refractivity contribution >= 4 is 11.3 Å². The van der Waals surface area contributed by atoms with Crippen LogP contribution in [0, 0.1) is 5.41 Å². The summed E-state index contributed by atoms with van der Waals surface area (Å²) in [5, 5.41) is 3.42. The molecule has 0 bridgehead atoms. The average Bonchev–Trinajstić information content (AvgIpc) is 2.96. The lowest BCUT2D eigenvalue weighted by Crippen LogP contribution is -2.40. The molecule has 1 aromatic rings. The van der Waals surface area contributed by atoms with E-state index in [1.165, 1.54) is 69.5 Å². The molecule has 0 atom stereocenters. The first kappa shape index (κ1) is 15.5. The third-order valence-corrected chi connectivity index (χ3v) is 6.55. The molecule has 1 saturated heterocycles. The van der Waals surface area contributed by atoms with Gasteiger partial charge >= 0.3 is 0 Å². The molecule has 0 radical (unpaired) electrons. The van der Waals surface area contributed by atoms with Crippen LogP contribution < -0.4 is 5.32 Å². The molecule has 3 heteroatoms. The molecule has 1 spiro atoms. The predicted octanol–water partition coefficient (Wildman–Crippen LogP) is 4.40. The van der Waals surface area contributed by atoms with Gasteiger partial charge in [-0.05, 0) is 62.9 Å². The maximum Gasteiger partial charge on any atom is 0.0328 e. The number of nitrogens with one attached hydrogen (secondary N) is 1. The van der Waals surface area contributed by atoms with Crippen molar-refractivity contribution in [1.29, 1.82) is 0 Å². The van der Waals surface area contributed by atoms with Crippen molar-refractivity contribution in [2.45, 2.75) is 65.0 Å². The van der Waals surface area contributed by atoms with Gasteiger partial charge in [-0.25, -0.2) is 0 Å². The van der Waals surface area contributed by atoms with Crippen LogP contribution in [0.15, 0.2) is 12.1 Å². The number of nitrogens with zero attached hydrogens (tertiary/aromatic N) is 1. The summed E-state index contributed by atoms with van der Waals surface area (Å²) in [6.07, 6.45) is 10.4. The molecular formula is C18H30N2S. The van der Waals surface area contributed by atoms with Crippen molar-refractivity contribution in [3.8, 4) is 0 Å². The standard InChI is InChI=1S/C18H30N2S/c1-2-19-14-16-6-7-17(21-16)15-20-12-10-18(11-13-20)8-4-3-5-9-18/h6-7,19H,2-5,8-15H2,1H3. The van der Waals surface area contributed by atoms with Crippen LogP contribution in [0.25, 0.3) is 0 Å². The van der Waals surface area contributed by atoms with E-state index in [9.17, 15) is 0 Å². The van der Waals surface area contributed by atoms with E-state index in [1.54, 1.807) is 4.88 Å². The van der Waals surface area contributed by atoms with Gasteiger partial charge in [0.2, 0.25) is 0 Å². The predicted molar refractivity (Wildman–Crippen MR) is 91.7 cm³/mol. The number of piperidine rings is 1. The molecule has 2 fully saturated rings. The molecule has 118 valence electrons. The first-order valence-electron chi connectivity index (χ1n) is 8.80. The summed E-state index contributed by atoms with van der Waals surface area (Å²) in [4.78, 5) is 5.71. The molecule has 21 heavy (non-hydrogen) atoms. The van der Waals surface area contributed by atoms with Crippen molar-refractivity contribution in [3.63, 3.8) is 0 Å². The Morgan fingerprint density at radius 2 is 1.76 bits per heavy atom. The highest BCUT2D eigenvalue weighted by Gasteiger charge is 2.35. The van der Waals surface area contributed by atoms with E-state index < -0.39 is 0 Å². The second kappa shape index (κ2) is 7.26. The van der Waals surface area contributed by atoms with Crippen LogP contribution in [0.5, 0.6) is 0 Å². The Kier molecular flexibility index (Phi) is 5.36. The lowest BCUT2D eigenvalue weighted by Gasteiger charge is -2.44. The van der Waals surface area contributed by atoms with Crippen molar-refractivity contribution in [2.24, 2.45) is 5.41 Å². The Morgan fingerprint density at radius 1 is 1.05 bits per heavy atom. The fourth-order valence-corrected chi connectivity index (χ4v) is 5.09. The summed E-state index contributed by atoms with van der Waals surface area (Å²) >= 11 is 1.99. The van der Waals surface area contributed by atoms with Gasteiger partial charge in [-0.2, -0.15) is 0 Å². The number of rotatable bonds is 5. The zero-order chi connectivity index (χ0) is 14.5. The average molecular weight is 307 g/mol. The highest BCUT2D eigenvalue weighted by molar-refractivity contribution is 7.11. The molecule has 0 amide bonds. The van der Waals surface area contributed by atoms with Gasteiger partial charge < -0.3 is 5.32 Å². The zero-order valence-corrected chi connectivity index (χ0v) is 14.3. The second-order valence-electron chi connectivity index (χ2n) is 6.99. The minimum Gasteiger partial charge on any atom is -0.312 e. The van der Waals surface area contributed by atoms with Crippen molar-refractivity contribution in [1.82, 2.24) is 10.2 Å². The normalized spacial score (nSPS) is 22.7. The Morgan fingerprint density at radius 3 is 2.48 bits per heavy atom. The second-order valence-corrected chi connectivity index (χ2v) is 8.24. The summed E-state index contributed by atoms with van der Waals surface area (Å²) in [5.74, 6) is 0. The summed E-state index contributed by atoms with van der Waals surface area (Å²) in [6, 6.07) is 4.64. The molecular weight excluding hydrogens is 276 g/mol. The summed E-state index contributed by atoms with van der Waals surface area (Å²) < 4.78 is 0. The SMILES string of the molecule is CCNCc1ccc(CN2CCC3(CCCCC3)CC2)s1. The van der Waals surface area contributed by atoms with Gasteiger partial charge in [0.25, 0.3) is 0 Å². The molecule has 1 aliphatic heterocycles. The molecule has 2 nitrogen and oxygen atoms in total. The molecule has 1 saturated carbocycles. The quantitative estimate of drug-likeness (QED) is 0.867. The highest BCUT2D eigenvalue weighted by atomic mass is 32.1. The largest absolute Gasteiger partial charge is 0.312 e. The lowest BCUT2D eigenvalue weighted by molar-refractivity contribution is 0.0646. The molecule has 0 aromatic carbocycles. The molecule has 1 aliphatic carbocycles. The Labute approximate surface area is 133 Å². The summed E-state index contributed by atoms with van der Waals surface area (Å²) in [5.41, 5.74) is 0.737. The van der Waals surface area contributed by atoms with Gasteiger partial charge in [-0.3, -0.25) is 4.90 Å². The fraction of sp³-hybridized carbons (Fsp3) is 0.778. The van der Waals surface area contributed by atoms with Crippen LogP contribution in [0.1, 0.15) is 61.6 Å². The Balaban J connectivity index is 1.47. The Hall–Kier alpha value is -0.380. The minimum absolute atomic E-state index is 0.737. The maximum absolute atomic E-state index is 3.42. The number of thiophene rings is 1. The monoisotopic (exact) mass is 306 g/mol. The minimum atomic E-state index is 0.737. The maximum atomic E-state index is 3.42. The van der Waals surface area contributed by atoms with Gasteiger partial charge in [0.05, 0.1) is 0 Å². The topological polar surface area (TPSA) is 15.3 Å². The van der Waals surface area contributed by atoms with E-state index in [-0.39, 0.29) is 0 Å². The van der Waals surface area contributed by atoms with Crippen molar-refractivity contribution in [2.75, 3.05) is 19.6 Å². The molecule has 2 heterocycles. The molecule has 1 N–H and O–H groups in total. The molecule has 1 aromatic heterocycles. The van der Waals surface area contributed by atoms with Gasteiger partial charge in [0, 0.05) is 22.8 Å². The van der Waals surface area contributed by atoms with Gasteiger partial charge in [-0.15, -0.1) is 11.3 Å². The van der Waals surface area contributed by atoms with Crippen LogP contribution in [0.2, 0.25) is 0 Å². The summed E-state index contributed by atoms with van der Waals surface area (Å²) in [6.45, 7) is 8.07. The lowest BCUT2D eigenvalue weighted by atomic mass is 9.68. The Bertz CT molecular complexity index is 424. The van der Waals surface area contributed by atoms with Crippen LogP contribution in [0.4, 0.5) is 0 Å². The number of hydrogen-bond acceptors (Lipinski definition) is 3. The van der Waals surface area contributed by atoms with E-state index in [2.05, 4.69) is 29.3 Å². The number of likely N-dealkylation sites (tertiary alicyclic amines) is 1. The number of hydrogen-bond donors (Lipinski definition) is 1. The molecule has 3 rings (SSSR count). The van der Waals surface area contributed by atoms with Crippen LogP contribution in [0.3, 0.4) is 0 Å². The van der Waals surface area contributed by atoms with Crippen LogP contribution in [-0.4, -0.2) is 24.5 Å². The first-order valence-corrected chi connectivity index (χ1v) is 9.62. The third kappa shape index (κ3) is 4.08. The highest BCUT2D eigenvalue weighted by Crippen LogP contribution is 2.44. The molecule has 2 aliphatic rings. The van der Waals surface area contributed by atoms with Gasteiger partial charge in [-0.1, -0.05) is 26.2 Å². The zero-order valence-electron chi connectivity index (χ0n) is 13.5. The fourth-order valence-electron chi connectivity index (χ4n) is 4.06. The summed E-state index contributed by atoms with van der Waals surface area (Å²) in [7, 11) is 0. The van der Waals surface area contributed by atoms with E-state index >= 15 is 0 Å². The van der Waals surface area contributed by atoms with E-state index in [0.717, 1.165) is 18.5 Å². The molecule has 0 unspecified atom stereocenters. The van der Waals surface area contributed by atoms with E-state index in [1.807, 2.05) is 11.3 Å². The van der Waals surface area contributed by atoms with Gasteiger partial charge in [0.1, 0.15) is 0 Å². The van der Waals surface area contributed by atoms with Crippen LogP contribution in [-0.2, 0) is 13.1 Å². The van der Waals surface area contributed by atoms with E-state index in [0.29, 0.717) is 0 Å². The first-order chi connectivity index (χ1) is 10.3.